The van der Waals surface area contributed by atoms with E-state index in [1.165, 1.54) is 0 Å². The van der Waals surface area contributed by atoms with Gasteiger partial charge < -0.3 is 20.3 Å². The third-order valence-electron chi connectivity index (χ3n) is 4.13. The lowest BCUT2D eigenvalue weighted by Gasteiger charge is -2.28. The molecular weight excluding hydrogens is 318 g/mol. The highest BCUT2D eigenvalue weighted by atomic mass is 16.5. The van der Waals surface area contributed by atoms with E-state index in [0.29, 0.717) is 6.54 Å². The van der Waals surface area contributed by atoms with Crippen LogP contribution >= 0.6 is 0 Å². The smallest absolute Gasteiger partial charge is 0.315 e. The number of carbonyl (C=O) groups excluding carboxylic acids is 1. The summed E-state index contributed by atoms with van der Waals surface area (Å²) >= 11 is 0. The van der Waals surface area contributed by atoms with Crippen molar-refractivity contribution in [2.24, 2.45) is 0 Å². The SMILES string of the molecule is C[C@H](NC(=O)NCc1ccnc(N2CCOCC2)c1)c1cccnc1. The van der Waals surface area contributed by atoms with Crippen molar-refractivity contribution in [3.05, 3.63) is 54.0 Å². The number of ether oxygens (including phenoxy) is 1. The number of morpholine rings is 1. The van der Waals surface area contributed by atoms with Gasteiger partial charge in [-0.25, -0.2) is 9.78 Å². The molecule has 0 spiro atoms. The topological polar surface area (TPSA) is 79.4 Å². The molecule has 2 amide bonds. The van der Waals surface area contributed by atoms with E-state index in [-0.39, 0.29) is 12.1 Å². The number of rotatable bonds is 5. The molecule has 2 aromatic heterocycles. The van der Waals surface area contributed by atoms with Crippen molar-refractivity contribution in [1.29, 1.82) is 0 Å². The summed E-state index contributed by atoms with van der Waals surface area (Å²) in [5.74, 6) is 0.923. The second-order valence-electron chi connectivity index (χ2n) is 5.96. The van der Waals surface area contributed by atoms with Crippen LogP contribution in [0.15, 0.2) is 42.9 Å². The minimum Gasteiger partial charge on any atom is -0.378 e. The molecule has 0 bridgehead atoms. The van der Waals surface area contributed by atoms with Crippen LogP contribution in [0.25, 0.3) is 0 Å². The molecule has 2 aromatic rings. The fourth-order valence-corrected chi connectivity index (χ4v) is 2.68. The van der Waals surface area contributed by atoms with Gasteiger partial charge in [0.15, 0.2) is 0 Å². The number of aromatic nitrogens is 2. The van der Waals surface area contributed by atoms with Crippen LogP contribution in [0.1, 0.15) is 24.1 Å². The van der Waals surface area contributed by atoms with Crippen LogP contribution in [0, 0.1) is 0 Å². The molecule has 3 rings (SSSR count). The lowest BCUT2D eigenvalue weighted by Crippen LogP contribution is -2.37. The van der Waals surface area contributed by atoms with Crippen molar-refractivity contribution in [1.82, 2.24) is 20.6 Å². The summed E-state index contributed by atoms with van der Waals surface area (Å²) < 4.78 is 5.36. The van der Waals surface area contributed by atoms with Crippen molar-refractivity contribution in [3.63, 3.8) is 0 Å². The fraction of sp³-hybridized carbons (Fsp3) is 0.389. The number of carbonyl (C=O) groups is 1. The highest BCUT2D eigenvalue weighted by Gasteiger charge is 2.13. The Morgan fingerprint density at radius 2 is 2.16 bits per heavy atom. The Hall–Kier alpha value is -2.67. The van der Waals surface area contributed by atoms with Gasteiger partial charge in [0.05, 0.1) is 19.3 Å². The van der Waals surface area contributed by atoms with E-state index in [0.717, 1.165) is 43.2 Å². The monoisotopic (exact) mass is 341 g/mol. The predicted molar refractivity (Wildman–Crippen MR) is 95.3 cm³/mol. The Balaban J connectivity index is 1.52. The number of nitrogens with zero attached hydrogens (tertiary/aromatic N) is 3. The normalized spacial score (nSPS) is 15.5. The quantitative estimate of drug-likeness (QED) is 0.868. The minimum atomic E-state index is -0.207. The zero-order chi connectivity index (χ0) is 17.5. The minimum absolute atomic E-state index is 0.102. The second kappa shape index (κ2) is 8.43. The van der Waals surface area contributed by atoms with E-state index < -0.39 is 0 Å². The van der Waals surface area contributed by atoms with Crippen LogP contribution in [0.3, 0.4) is 0 Å². The van der Waals surface area contributed by atoms with Crippen molar-refractivity contribution in [2.75, 3.05) is 31.2 Å². The maximum absolute atomic E-state index is 12.1. The number of urea groups is 1. The Kier molecular flexibility index (Phi) is 5.79. The summed E-state index contributed by atoms with van der Waals surface area (Å²) in [4.78, 5) is 22.8. The first-order valence-corrected chi connectivity index (χ1v) is 8.44. The lowest BCUT2D eigenvalue weighted by molar-refractivity contribution is 0.122. The first-order chi connectivity index (χ1) is 12.2. The van der Waals surface area contributed by atoms with Gasteiger partial charge in [0.1, 0.15) is 5.82 Å². The van der Waals surface area contributed by atoms with E-state index >= 15 is 0 Å². The zero-order valence-corrected chi connectivity index (χ0v) is 14.3. The molecule has 132 valence electrons. The van der Waals surface area contributed by atoms with E-state index in [1.54, 1.807) is 18.6 Å². The Morgan fingerprint density at radius 3 is 2.92 bits per heavy atom. The van der Waals surface area contributed by atoms with Gasteiger partial charge >= 0.3 is 6.03 Å². The standard InChI is InChI=1S/C18H23N5O2/c1-14(16-3-2-5-19-13-16)22-18(24)21-12-15-4-6-20-17(11-15)23-7-9-25-10-8-23/h2-6,11,13-14H,7-10,12H2,1H3,(H2,21,22,24)/t14-/m0/s1. The first-order valence-electron chi connectivity index (χ1n) is 8.44. The van der Waals surface area contributed by atoms with Gasteiger partial charge in [0.25, 0.3) is 0 Å². The zero-order valence-electron chi connectivity index (χ0n) is 14.3. The summed E-state index contributed by atoms with van der Waals surface area (Å²) in [6.45, 7) is 5.50. The summed E-state index contributed by atoms with van der Waals surface area (Å²) in [6.07, 6.45) is 5.24. The molecule has 1 atom stereocenters. The molecule has 1 aliphatic rings. The maximum Gasteiger partial charge on any atom is 0.315 e. The van der Waals surface area contributed by atoms with Gasteiger partial charge in [-0.05, 0) is 36.2 Å². The second-order valence-corrected chi connectivity index (χ2v) is 5.96. The third-order valence-corrected chi connectivity index (χ3v) is 4.13. The number of hydrogen-bond donors (Lipinski definition) is 2. The van der Waals surface area contributed by atoms with Gasteiger partial charge in [-0.2, -0.15) is 0 Å². The van der Waals surface area contributed by atoms with Crippen molar-refractivity contribution in [2.45, 2.75) is 19.5 Å². The molecule has 7 nitrogen and oxygen atoms in total. The molecule has 1 fully saturated rings. The van der Waals surface area contributed by atoms with Crippen molar-refractivity contribution in [3.8, 4) is 0 Å². The van der Waals surface area contributed by atoms with Crippen LogP contribution in [-0.2, 0) is 11.3 Å². The molecule has 2 N–H and O–H groups in total. The van der Waals surface area contributed by atoms with Gasteiger partial charge in [-0.15, -0.1) is 0 Å². The van der Waals surface area contributed by atoms with Crippen molar-refractivity contribution >= 4 is 11.8 Å². The molecule has 3 heterocycles. The number of anilines is 1. The number of nitrogens with one attached hydrogen (secondary N) is 2. The fourth-order valence-electron chi connectivity index (χ4n) is 2.68. The summed E-state index contributed by atoms with van der Waals surface area (Å²) in [7, 11) is 0. The Labute approximate surface area is 147 Å². The van der Waals surface area contributed by atoms with Crippen molar-refractivity contribution < 1.29 is 9.53 Å². The number of amides is 2. The summed E-state index contributed by atoms with van der Waals surface area (Å²) in [5.41, 5.74) is 1.98. The van der Waals surface area contributed by atoms with Crippen LogP contribution in [0.2, 0.25) is 0 Å². The summed E-state index contributed by atoms with van der Waals surface area (Å²) in [5, 5.41) is 5.80. The maximum atomic E-state index is 12.1. The molecule has 0 unspecified atom stereocenters. The molecule has 0 saturated carbocycles. The van der Waals surface area contributed by atoms with Crippen LogP contribution < -0.4 is 15.5 Å². The van der Waals surface area contributed by atoms with Gasteiger partial charge in [0.2, 0.25) is 0 Å². The molecule has 0 aliphatic carbocycles. The van der Waals surface area contributed by atoms with E-state index in [2.05, 4.69) is 25.5 Å². The molecule has 1 saturated heterocycles. The summed E-state index contributed by atoms with van der Waals surface area (Å²) in [6, 6.07) is 7.41. The molecule has 25 heavy (non-hydrogen) atoms. The van der Waals surface area contributed by atoms with Gasteiger partial charge in [-0.1, -0.05) is 6.07 Å². The highest BCUT2D eigenvalue weighted by Crippen LogP contribution is 2.14. The van der Waals surface area contributed by atoms with E-state index in [9.17, 15) is 4.79 Å². The predicted octanol–water partition coefficient (Wildman–Crippen LogP) is 1.87. The largest absolute Gasteiger partial charge is 0.378 e. The molecule has 1 aliphatic heterocycles. The Bertz CT molecular complexity index is 689. The molecular formula is C18H23N5O2. The van der Waals surface area contributed by atoms with Crippen LogP contribution in [0.5, 0.6) is 0 Å². The average molecular weight is 341 g/mol. The van der Waals surface area contributed by atoms with Gasteiger partial charge in [0, 0.05) is 38.2 Å². The van der Waals surface area contributed by atoms with E-state index in [4.69, 9.17) is 4.74 Å². The number of hydrogen-bond acceptors (Lipinski definition) is 5. The van der Waals surface area contributed by atoms with E-state index in [1.807, 2.05) is 31.2 Å². The lowest BCUT2D eigenvalue weighted by atomic mass is 10.1. The van der Waals surface area contributed by atoms with Gasteiger partial charge in [-0.3, -0.25) is 4.98 Å². The molecule has 0 radical (unpaired) electrons. The Morgan fingerprint density at radius 1 is 1.32 bits per heavy atom. The van der Waals surface area contributed by atoms with Crippen LogP contribution in [0.4, 0.5) is 10.6 Å². The third kappa shape index (κ3) is 4.90. The average Bonchev–Trinajstić information content (AvgIpc) is 2.68. The first kappa shape index (κ1) is 17.2. The van der Waals surface area contributed by atoms with Crippen LogP contribution in [-0.4, -0.2) is 42.3 Å². The highest BCUT2D eigenvalue weighted by molar-refractivity contribution is 5.74. The molecule has 0 aromatic carbocycles. The molecule has 7 heteroatoms. The number of pyridine rings is 2.